The fourth-order valence-corrected chi connectivity index (χ4v) is 10.4. The van der Waals surface area contributed by atoms with Crippen LogP contribution in [-0.4, -0.2) is 40.7 Å². The zero-order valence-corrected chi connectivity index (χ0v) is 27.2. The molecule has 0 unspecified atom stereocenters. The SMILES string of the molecule is C[C@@H]1Cc2cc(S(=O)(=O)N(c3ccc(C(F)(F)F)cc3)S(=O)(=O)c3ccc4c(c3)C[C@@H](C)N4C(=O)C3CC3)ccc2N1C(=O)C1CC1. The molecule has 2 aliphatic carbocycles. The van der Waals surface area contributed by atoms with Crippen LogP contribution in [0.15, 0.2) is 70.5 Å². The second-order valence-electron chi connectivity index (χ2n) is 12.9. The average Bonchev–Trinajstić information content (AvgIpc) is 3.93. The zero-order valence-electron chi connectivity index (χ0n) is 25.6. The van der Waals surface area contributed by atoms with Gasteiger partial charge in [-0.15, -0.1) is 0 Å². The maximum Gasteiger partial charge on any atom is 0.416 e. The molecular weight excluding hydrogens is 656 g/mol. The number of carbonyl (C=O) groups excluding carboxylic acids is 2. The molecule has 3 aromatic rings. The molecule has 4 aliphatic rings. The van der Waals surface area contributed by atoms with E-state index in [1.165, 1.54) is 36.4 Å². The molecular formula is C33H32F3N3O6S2. The third-order valence-corrected chi connectivity index (χ3v) is 13.5. The zero-order chi connectivity index (χ0) is 33.6. The van der Waals surface area contributed by atoms with Gasteiger partial charge in [0.15, 0.2) is 0 Å². The Hall–Kier alpha value is -3.91. The predicted octanol–water partition coefficient (Wildman–Crippen LogP) is 5.66. The Kier molecular flexibility index (Phi) is 7.28. The molecule has 248 valence electrons. The maximum atomic E-state index is 14.3. The van der Waals surface area contributed by atoms with E-state index in [1.54, 1.807) is 9.80 Å². The smallest absolute Gasteiger partial charge is 0.309 e. The Morgan fingerprint density at radius 1 is 0.681 bits per heavy atom. The van der Waals surface area contributed by atoms with Crippen molar-refractivity contribution >= 4 is 48.9 Å². The minimum atomic E-state index is -4.94. The summed E-state index contributed by atoms with van der Waals surface area (Å²) in [6, 6.07) is 10.5. The molecule has 2 heterocycles. The number of rotatable bonds is 7. The Labute approximate surface area is 271 Å². The molecule has 0 radical (unpaired) electrons. The van der Waals surface area contributed by atoms with Crippen LogP contribution >= 0.6 is 0 Å². The number of alkyl halides is 3. The Morgan fingerprint density at radius 2 is 1.09 bits per heavy atom. The van der Waals surface area contributed by atoms with Crippen molar-refractivity contribution in [2.45, 2.75) is 80.4 Å². The van der Waals surface area contributed by atoms with Crippen molar-refractivity contribution in [2.75, 3.05) is 13.5 Å². The number of anilines is 3. The molecule has 7 rings (SSSR count). The lowest BCUT2D eigenvalue weighted by Gasteiger charge is -2.26. The minimum Gasteiger partial charge on any atom is -0.309 e. The van der Waals surface area contributed by atoms with Gasteiger partial charge in [-0.1, -0.05) is 0 Å². The normalized spacial score (nSPS) is 21.0. The van der Waals surface area contributed by atoms with E-state index in [-0.39, 0.29) is 49.2 Å². The highest BCUT2D eigenvalue weighted by atomic mass is 32.3. The number of benzene rings is 3. The van der Waals surface area contributed by atoms with Crippen LogP contribution in [0.3, 0.4) is 0 Å². The van der Waals surface area contributed by atoms with E-state index >= 15 is 0 Å². The monoisotopic (exact) mass is 687 g/mol. The molecule has 0 bridgehead atoms. The summed E-state index contributed by atoms with van der Waals surface area (Å²) in [5.74, 6) is -0.212. The molecule has 2 amide bonds. The standard InChI is InChI=1S/C33H32F3N3O6S2/c1-19-15-23-17-27(11-13-29(23)37(19)31(40)21-3-4-21)46(42,43)39(26-9-7-25(8-10-26)33(34,35)36)47(44,45)28-12-14-30-24(18-28)16-20(2)38(30)32(41)22-5-6-22/h7-14,17-22H,3-6,15-16H2,1-2H3/t19-,20-/m1/s1. The molecule has 9 nitrogen and oxygen atoms in total. The van der Waals surface area contributed by atoms with Crippen molar-refractivity contribution in [3.8, 4) is 0 Å². The first-order chi connectivity index (χ1) is 22.1. The summed E-state index contributed by atoms with van der Waals surface area (Å²) in [6.07, 6.45) is -0.865. The predicted molar refractivity (Wildman–Crippen MR) is 168 cm³/mol. The van der Waals surface area contributed by atoms with Crippen LogP contribution in [0.5, 0.6) is 0 Å². The molecule has 14 heteroatoms. The number of sulfonamides is 2. The summed E-state index contributed by atoms with van der Waals surface area (Å²) in [4.78, 5) is 28.4. The summed E-state index contributed by atoms with van der Waals surface area (Å²) in [7, 11) is -9.89. The highest BCUT2D eigenvalue weighted by Crippen LogP contribution is 2.43. The van der Waals surface area contributed by atoms with Crippen LogP contribution < -0.4 is 13.5 Å². The quantitative estimate of drug-likeness (QED) is 0.317. The van der Waals surface area contributed by atoms with Crippen LogP contribution in [0.25, 0.3) is 0 Å². The lowest BCUT2D eigenvalue weighted by atomic mass is 10.1. The lowest BCUT2D eigenvalue weighted by Crippen LogP contribution is -2.37. The van der Waals surface area contributed by atoms with Gasteiger partial charge in [0.1, 0.15) is 0 Å². The number of nitrogens with zero attached hydrogens (tertiary/aromatic N) is 3. The van der Waals surface area contributed by atoms with Gasteiger partial charge in [-0.3, -0.25) is 9.59 Å². The van der Waals surface area contributed by atoms with Crippen molar-refractivity contribution in [3.05, 3.63) is 77.4 Å². The highest BCUT2D eigenvalue weighted by molar-refractivity contribution is 8.10. The average molecular weight is 688 g/mol. The van der Waals surface area contributed by atoms with E-state index in [1.807, 2.05) is 13.8 Å². The van der Waals surface area contributed by atoms with Gasteiger partial charge in [0, 0.05) is 35.3 Å². The van der Waals surface area contributed by atoms with Gasteiger partial charge < -0.3 is 9.80 Å². The van der Waals surface area contributed by atoms with Crippen LogP contribution in [0, 0.1) is 11.8 Å². The summed E-state index contributed by atoms with van der Waals surface area (Å²) in [5.41, 5.74) is 0.617. The second-order valence-corrected chi connectivity index (χ2v) is 16.7. The topological polar surface area (TPSA) is 112 Å². The van der Waals surface area contributed by atoms with Crippen molar-refractivity contribution in [1.29, 1.82) is 0 Å². The van der Waals surface area contributed by atoms with Crippen molar-refractivity contribution in [1.82, 2.24) is 0 Å². The summed E-state index contributed by atoms with van der Waals surface area (Å²) < 4.78 is 97.8. The molecule has 2 saturated carbocycles. The second kappa shape index (κ2) is 10.8. The summed E-state index contributed by atoms with van der Waals surface area (Å²) in [6.45, 7) is 3.70. The maximum absolute atomic E-state index is 14.3. The number of fused-ring (bicyclic) bond motifs is 2. The molecule has 47 heavy (non-hydrogen) atoms. The lowest BCUT2D eigenvalue weighted by molar-refractivity contribution is -0.137. The Morgan fingerprint density at radius 3 is 1.45 bits per heavy atom. The van der Waals surface area contributed by atoms with Crippen LogP contribution in [0.4, 0.5) is 30.2 Å². The number of halogens is 3. The van der Waals surface area contributed by atoms with Gasteiger partial charge in [-0.25, -0.2) is 16.8 Å². The molecule has 2 fully saturated rings. The molecule has 0 N–H and O–H groups in total. The van der Waals surface area contributed by atoms with Crippen LogP contribution in [0.1, 0.15) is 56.2 Å². The van der Waals surface area contributed by atoms with E-state index < -0.39 is 37.5 Å². The van der Waals surface area contributed by atoms with Crippen molar-refractivity contribution in [3.63, 3.8) is 0 Å². The Balaban J connectivity index is 1.31. The van der Waals surface area contributed by atoms with Crippen molar-refractivity contribution in [2.24, 2.45) is 11.8 Å². The molecule has 0 aromatic heterocycles. The molecule has 2 atom stereocenters. The fourth-order valence-electron chi connectivity index (χ4n) is 6.63. The van der Waals surface area contributed by atoms with Gasteiger partial charge in [-0.2, -0.15) is 16.9 Å². The van der Waals surface area contributed by atoms with Gasteiger partial charge in [-0.05, 0) is 124 Å². The van der Waals surface area contributed by atoms with Gasteiger partial charge >= 0.3 is 6.18 Å². The van der Waals surface area contributed by atoms with E-state index in [9.17, 15) is 39.6 Å². The summed E-state index contributed by atoms with van der Waals surface area (Å²) in [5, 5.41) is 0. The Bertz CT molecular complexity index is 1910. The first kappa shape index (κ1) is 31.7. The molecule has 2 aliphatic heterocycles. The van der Waals surface area contributed by atoms with E-state index in [2.05, 4.69) is 0 Å². The van der Waals surface area contributed by atoms with Gasteiger partial charge in [0.05, 0.1) is 21.0 Å². The van der Waals surface area contributed by atoms with Crippen LogP contribution in [0.2, 0.25) is 0 Å². The van der Waals surface area contributed by atoms with Gasteiger partial charge in [0.25, 0.3) is 20.0 Å². The first-order valence-corrected chi connectivity index (χ1v) is 18.4. The third-order valence-electron chi connectivity index (χ3n) is 9.30. The molecule has 0 saturated heterocycles. The van der Waals surface area contributed by atoms with Crippen LogP contribution in [-0.2, 0) is 48.7 Å². The van der Waals surface area contributed by atoms with E-state index in [0.717, 1.165) is 37.8 Å². The highest BCUT2D eigenvalue weighted by Gasteiger charge is 2.44. The number of hydrogen-bond donors (Lipinski definition) is 0. The van der Waals surface area contributed by atoms with E-state index in [0.29, 0.717) is 47.5 Å². The number of carbonyl (C=O) groups is 2. The third kappa shape index (κ3) is 5.38. The fraction of sp³-hybridized carbons (Fsp3) is 0.394. The number of hydrogen-bond acceptors (Lipinski definition) is 6. The van der Waals surface area contributed by atoms with E-state index in [4.69, 9.17) is 0 Å². The number of amides is 2. The molecule has 0 spiro atoms. The summed E-state index contributed by atoms with van der Waals surface area (Å²) >= 11 is 0. The van der Waals surface area contributed by atoms with Crippen molar-refractivity contribution < 1.29 is 39.6 Å². The largest absolute Gasteiger partial charge is 0.416 e. The van der Waals surface area contributed by atoms with Gasteiger partial charge in [0.2, 0.25) is 11.8 Å². The first-order valence-electron chi connectivity index (χ1n) is 15.5. The molecule has 3 aromatic carbocycles. The minimum absolute atomic E-state index is 0.0378.